The normalized spacial score (nSPS) is 8.73. The second-order valence-corrected chi connectivity index (χ2v) is 2.92. The Morgan fingerprint density at radius 3 is 2.40 bits per heavy atom. The third-order valence-corrected chi connectivity index (χ3v) is 1.45. The van der Waals surface area contributed by atoms with E-state index in [9.17, 15) is 4.79 Å². The first kappa shape index (κ1) is 13.5. The molecule has 0 radical (unpaired) electrons. The molecule has 0 aromatic carbocycles. The molecule has 0 fully saturated rings. The maximum absolute atomic E-state index is 10.2. The van der Waals surface area contributed by atoms with Crippen molar-refractivity contribution < 1.29 is 4.79 Å². The van der Waals surface area contributed by atoms with Gasteiger partial charge in [-0.05, 0) is 26.0 Å². The number of rotatable bonds is 3. The van der Waals surface area contributed by atoms with Crippen LogP contribution in [0.3, 0.4) is 0 Å². The van der Waals surface area contributed by atoms with Gasteiger partial charge < -0.3 is 11.1 Å². The summed E-state index contributed by atoms with van der Waals surface area (Å²) in [4.78, 5) is 17.9. The first-order valence-corrected chi connectivity index (χ1v) is 4.85. The fourth-order valence-corrected chi connectivity index (χ4v) is 0.740. The van der Waals surface area contributed by atoms with Crippen molar-refractivity contribution in [1.82, 2.24) is 15.3 Å². The Bertz CT molecular complexity index is 263. The minimum atomic E-state index is 0.0125. The molecule has 3 N–H and O–H groups in total. The summed E-state index contributed by atoms with van der Waals surface area (Å²) in [7, 11) is 0. The van der Waals surface area contributed by atoms with Gasteiger partial charge in [0.15, 0.2) is 0 Å². The third-order valence-electron chi connectivity index (χ3n) is 1.45. The Hall–Kier alpha value is -1.49. The molecule has 1 aromatic rings. The second-order valence-electron chi connectivity index (χ2n) is 2.92. The molecule has 0 saturated heterocycles. The number of hydrogen-bond acceptors (Lipinski definition) is 4. The lowest BCUT2D eigenvalue weighted by Crippen LogP contribution is -2.22. The third kappa shape index (κ3) is 10.4. The van der Waals surface area contributed by atoms with Gasteiger partial charge in [0.2, 0.25) is 5.91 Å². The van der Waals surface area contributed by atoms with Crippen LogP contribution in [-0.4, -0.2) is 29.0 Å². The van der Waals surface area contributed by atoms with Gasteiger partial charge >= 0.3 is 0 Å². The summed E-state index contributed by atoms with van der Waals surface area (Å²) in [5, 5.41) is 2.63. The number of aryl methyl sites for hydroxylation is 1. The fourth-order valence-electron chi connectivity index (χ4n) is 0.740. The van der Waals surface area contributed by atoms with Crippen LogP contribution < -0.4 is 11.1 Å². The van der Waals surface area contributed by atoms with E-state index in [2.05, 4.69) is 15.3 Å². The van der Waals surface area contributed by atoms with E-state index in [1.807, 2.05) is 6.92 Å². The Morgan fingerprint density at radius 2 is 2.07 bits per heavy atom. The molecule has 0 atom stereocenters. The molecule has 0 aliphatic rings. The molecule has 0 unspecified atom stereocenters. The zero-order valence-corrected chi connectivity index (χ0v) is 9.23. The molecule has 0 aliphatic heterocycles. The van der Waals surface area contributed by atoms with Crippen LogP contribution in [0.4, 0.5) is 0 Å². The summed E-state index contributed by atoms with van der Waals surface area (Å²) in [5.74, 6) is 0.834. The average Bonchev–Trinajstić information content (AvgIpc) is 2.20. The van der Waals surface area contributed by atoms with Crippen molar-refractivity contribution in [1.29, 1.82) is 0 Å². The molecule has 0 aliphatic carbocycles. The van der Waals surface area contributed by atoms with Crippen molar-refractivity contribution in [3.63, 3.8) is 0 Å². The SMILES string of the molecule is CC(=O)NCCCN.Cc1ncccn1. The molecule has 1 heterocycles. The second kappa shape index (κ2) is 9.08. The molecule has 0 saturated carbocycles. The van der Waals surface area contributed by atoms with E-state index in [0.29, 0.717) is 13.1 Å². The van der Waals surface area contributed by atoms with Crippen LogP contribution in [0.25, 0.3) is 0 Å². The van der Waals surface area contributed by atoms with Crippen LogP contribution in [0.5, 0.6) is 0 Å². The average molecular weight is 210 g/mol. The molecule has 0 bridgehead atoms. The molecular weight excluding hydrogens is 192 g/mol. The Labute approximate surface area is 90.1 Å². The molecule has 1 amide bonds. The molecule has 5 heteroatoms. The van der Waals surface area contributed by atoms with E-state index in [4.69, 9.17) is 5.73 Å². The van der Waals surface area contributed by atoms with Gasteiger partial charge in [0.25, 0.3) is 0 Å². The van der Waals surface area contributed by atoms with E-state index in [1.54, 1.807) is 18.5 Å². The number of amides is 1. The summed E-state index contributed by atoms with van der Waals surface area (Å²) in [6.45, 7) is 4.70. The van der Waals surface area contributed by atoms with Crippen LogP contribution in [0.1, 0.15) is 19.2 Å². The van der Waals surface area contributed by atoms with Crippen molar-refractivity contribution in [3.8, 4) is 0 Å². The van der Waals surface area contributed by atoms with E-state index in [-0.39, 0.29) is 5.91 Å². The molecule has 15 heavy (non-hydrogen) atoms. The van der Waals surface area contributed by atoms with Crippen molar-refractivity contribution in [3.05, 3.63) is 24.3 Å². The number of carbonyl (C=O) groups is 1. The lowest BCUT2D eigenvalue weighted by Gasteiger charge is -1.96. The van der Waals surface area contributed by atoms with Crippen molar-refractivity contribution in [2.75, 3.05) is 13.1 Å². The predicted octanol–water partition coefficient (Wildman–Crippen LogP) is 0.256. The number of aromatic nitrogens is 2. The van der Waals surface area contributed by atoms with Gasteiger partial charge in [-0.25, -0.2) is 9.97 Å². The fraction of sp³-hybridized carbons (Fsp3) is 0.500. The quantitative estimate of drug-likeness (QED) is 0.701. The number of nitrogens with zero attached hydrogens (tertiary/aromatic N) is 2. The number of hydrogen-bond donors (Lipinski definition) is 2. The number of carbonyl (C=O) groups excluding carboxylic acids is 1. The summed E-state index contributed by atoms with van der Waals surface area (Å²) >= 11 is 0. The lowest BCUT2D eigenvalue weighted by molar-refractivity contribution is -0.118. The number of nitrogens with two attached hydrogens (primary N) is 1. The Morgan fingerprint density at radius 1 is 1.47 bits per heavy atom. The van der Waals surface area contributed by atoms with Crippen molar-refractivity contribution in [2.45, 2.75) is 20.3 Å². The highest BCUT2D eigenvalue weighted by Crippen LogP contribution is 1.78. The minimum Gasteiger partial charge on any atom is -0.356 e. The molecule has 0 spiro atoms. The zero-order chi connectivity index (χ0) is 11.5. The van der Waals surface area contributed by atoms with Gasteiger partial charge in [-0.1, -0.05) is 0 Å². The van der Waals surface area contributed by atoms with Crippen molar-refractivity contribution in [2.24, 2.45) is 5.73 Å². The lowest BCUT2D eigenvalue weighted by atomic mass is 10.4. The van der Waals surface area contributed by atoms with E-state index >= 15 is 0 Å². The highest BCUT2D eigenvalue weighted by Gasteiger charge is 1.85. The topological polar surface area (TPSA) is 80.9 Å². The largest absolute Gasteiger partial charge is 0.356 e. The van der Waals surface area contributed by atoms with Gasteiger partial charge in [0.05, 0.1) is 0 Å². The van der Waals surface area contributed by atoms with E-state index < -0.39 is 0 Å². The summed E-state index contributed by atoms with van der Waals surface area (Å²) in [5.41, 5.74) is 5.16. The molecule has 1 aromatic heterocycles. The van der Waals surface area contributed by atoms with Gasteiger partial charge in [0, 0.05) is 25.9 Å². The van der Waals surface area contributed by atoms with Gasteiger partial charge in [-0.15, -0.1) is 0 Å². The first-order valence-electron chi connectivity index (χ1n) is 4.85. The zero-order valence-electron chi connectivity index (χ0n) is 9.23. The Balaban J connectivity index is 0.000000262. The van der Waals surface area contributed by atoms with Crippen LogP contribution in [0, 0.1) is 6.92 Å². The van der Waals surface area contributed by atoms with Crippen LogP contribution in [0.2, 0.25) is 0 Å². The monoisotopic (exact) mass is 210 g/mol. The first-order chi connectivity index (χ1) is 7.16. The van der Waals surface area contributed by atoms with E-state index in [1.165, 1.54) is 6.92 Å². The molecular formula is C10H18N4O. The molecule has 1 rings (SSSR count). The smallest absolute Gasteiger partial charge is 0.216 e. The maximum Gasteiger partial charge on any atom is 0.216 e. The van der Waals surface area contributed by atoms with Crippen LogP contribution in [0.15, 0.2) is 18.5 Å². The summed E-state index contributed by atoms with van der Waals surface area (Å²) in [6, 6.07) is 1.80. The highest BCUT2D eigenvalue weighted by atomic mass is 16.1. The van der Waals surface area contributed by atoms with E-state index in [0.717, 1.165) is 12.2 Å². The summed E-state index contributed by atoms with van der Waals surface area (Å²) in [6.07, 6.45) is 4.31. The summed E-state index contributed by atoms with van der Waals surface area (Å²) < 4.78 is 0. The van der Waals surface area contributed by atoms with Gasteiger partial charge in [-0.2, -0.15) is 0 Å². The standard InChI is InChI=1S/C5H12N2O.C5H6N2/c1-5(8)7-4-2-3-6;1-5-6-3-2-4-7-5/h2-4,6H2,1H3,(H,7,8);2-4H,1H3. The minimum absolute atomic E-state index is 0.0125. The van der Waals surface area contributed by atoms with Crippen LogP contribution in [-0.2, 0) is 4.79 Å². The van der Waals surface area contributed by atoms with Gasteiger partial charge in [-0.3, -0.25) is 4.79 Å². The molecule has 84 valence electrons. The maximum atomic E-state index is 10.2. The van der Waals surface area contributed by atoms with Crippen molar-refractivity contribution >= 4 is 5.91 Å². The number of nitrogens with one attached hydrogen (secondary N) is 1. The predicted molar refractivity (Wildman–Crippen MR) is 59.1 cm³/mol. The van der Waals surface area contributed by atoms with Crippen LogP contribution >= 0.6 is 0 Å². The Kier molecular flexibility index (Phi) is 8.18. The van der Waals surface area contributed by atoms with Gasteiger partial charge in [0.1, 0.15) is 5.82 Å². The molecule has 5 nitrogen and oxygen atoms in total. The highest BCUT2D eigenvalue weighted by molar-refractivity contribution is 5.72.